The highest BCUT2D eigenvalue weighted by Gasteiger charge is 2.44. The van der Waals surface area contributed by atoms with Gasteiger partial charge in [-0.2, -0.15) is 0 Å². The molecule has 90 valence electrons. The van der Waals surface area contributed by atoms with E-state index in [2.05, 4.69) is 34.6 Å². The van der Waals surface area contributed by atoms with E-state index in [-0.39, 0.29) is 0 Å². The van der Waals surface area contributed by atoms with Gasteiger partial charge >= 0.3 is 0 Å². The second kappa shape index (κ2) is 4.89. The molecule has 0 bridgehead atoms. The highest BCUT2D eigenvalue weighted by atomic mass is 14.5. The van der Waals surface area contributed by atoms with Crippen molar-refractivity contribution in [2.24, 2.45) is 16.7 Å². The first-order valence-corrected chi connectivity index (χ1v) is 7.02. The molecule has 0 radical (unpaired) electrons. The highest BCUT2D eigenvalue weighted by molar-refractivity contribution is 4.95. The summed E-state index contributed by atoms with van der Waals surface area (Å²) in [7, 11) is 0. The molecule has 0 aromatic heterocycles. The maximum Gasteiger partial charge on any atom is -0.0297 e. The minimum Gasteiger partial charge on any atom is -0.0654 e. The van der Waals surface area contributed by atoms with Crippen molar-refractivity contribution in [1.29, 1.82) is 0 Å². The van der Waals surface area contributed by atoms with Crippen LogP contribution in [0.5, 0.6) is 0 Å². The molecule has 0 amide bonds. The molecule has 1 rings (SSSR count). The summed E-state index contributed by atoms with van der Waals surface area (Å²) in [6.45, 7) is 12.1. The van der Waals surface area contributed by atoms with Crippen LogP contribution in [0, 0.1) is 16.7 Å². The van der Waals surface area contributed by atoms with Gasteiger partial charge in [-0.15, -0.1) is 0 Å². The largest absolute Gasteiger partial charge is 0.0654 e. The number of rotatable bonds is 7. The van der Waals surface area contributed by atoms with Crippen LogP contribution < -0.4 is 0 Å². The summed E-state index contributed by atoms with van der Waals surface area (Å²) in [6.07, 6.45) is 9.98. The summed E-state index contributed by atoms with van der Waals surface area (Å²) in [6, 6.07) is 0. The average molecular weight is 210 g/mol. The van der Waals surface area contributed by atoms with Crippen molar-refractivity contribution in [2.75, 3.05) is 0 Å². The van der Waals surface area contributed by atoms with E-state index in [9.17, 15) is 0 Å². The van der Waals surface area contributed by atoms with E-state index in [1.165, 1.54) is 44.9 Å². The lowest BCUT2D eigenvalue weighted by molar-refractivity contribution is 0.137. The molecule has 1 aliphatic carbocycles. The quantitative estimate of drug-likeness (QED) is 0.526. The third kappa shape index (κ3) is 2.98. The Morgan fingerprint density at radius 3 is 2.13 bits per heavy atom. The van der Waals surface area contributed by atoms with Gasteiger partial charge in [0.1, 0.15) is 0 Å². The summed E-state index contributed by atoms with van der Waals surface area (Å²) in [5.74, 6) is 0.907. The lowest BCUT2D eigenvalue weighted by atomic mass is 9.69. The average Bonchev–Trinajstić information content (AvgIpc) is 2.98. The molecule has 0 spiro atoms. The molecule has 1 aliphatic rings. The van der Waals surface area contributed by atoms with E-state index < -0.39 is 0 Å². The molecule has 0 heteroatoms. The molecule has 0 saturated heterocycles. The Hall–Kier alpha value is 0. The highest BCUT2D eigenvalue weighted by Crippen LogP contribution is 2.56. The van der Waals surface area contributed by atoms with Crippen LogP contribution in [0.15, 0.2) is 0 Å². The van der Waals surface area contributed by atoms with Gasteiger partial charge in [0.25, 0.3) is 0 Å². The summed E-state index contributed by atoms with van der Waals surface area (Å²) >= 11 is 0. The van der Waals surface area contributed by atoms with Gasteiger partial charge in [-0.05, 0) is 42.4 Å². The van der Waals surface area contributed by atoms with Gasteiger partial charge in [0.05, 0.1) is 0 Å². The maximum absolute atomic E-state index is 2.51. The first kappa shape index (κ1) is 13.1. The zero-order valence-electron chi connectivity index (χ0n) is 11.5. The molecule has 2 unspecified atom stereocenters. The molecule has 0 aromatic rings. The van der Waals surface area contributed by atoms with Crippen molar-refractivity contribution in [3.63, 3.8) is 0 Å². The lowest BCUT2D eigenvalue weighted by Crippen LogP contribution is -2.26. The van der Waals surface area contributed by atoms with Crippen molar-refractivity contribution in [3.05, 3.63) is 0 Å². The molecule has 0 nitrogen and oxygen atoms in total. The summed E-state index contributed by atoms with van der Waals surface area (Å²) in [4.78, 5) is 0. The Balaban J connectivity index is 2.53. The predicted octanol–water partition coefficient (Wildman–Crippen LogP) is 5.42. The SMILES string of the molecule is CCCC(C)(CC)C(C)CC1(CC)CC1. The van der Waals surface area contributed by atoms with Gasteiger partial charge < -0.3 is 0 Å². The fourth-order valence-electron chi connectivity index (χ4n) is 3.12. The molecule has 0 aromatic carbocycles. The minimum absolute atomic E-state index is 0.597. The molecule has 1 saturated carbocycles. The van der Waals surface area contributed by atoms with E-state index in [1.54, 1.807) is 0 Å². The Morgan fingerprint density at radius 1 is 1.20 bits per heavy atom. The Kier molecular flexibility index (Phi) is 4.26. The van der Waals surface area contributed by atoms with Gasteiger partial charge in [0, 0.05) is 0 Å². The zero-order valence-corrected chi connectivity index (χ0v) is 11.5. The van der Waals surface area contributed by atoms with Crippen LogP contribution in [0.2, 0.25) is 0 Å². The Morgan fingerprint density at radius 2 is 1.80 bits per heavy atom. The zero-order chi connectivity index (χ0) is 11.5. The van der Waals surface area contributed by atoms with Crippen molar-refractivity contribution < 1.29 is 0 Å². The van der Waals surface area contributed by atoms with Crippen LogP contribution in [0.3, 0.4) is 0 Å². The summed E-state index contributed by atoms with van der Waals surface area (Å²) < 4.78 is 0. The Labute approximate surface area is 96.8 Å². The van der Waals surface area contributed by atoms with Gasteiger partial charge in [-0.25, -0.2) is 0 Å². The second-order valence-electron chi connectivity index (χ2n) is 6.22. The molecular formula is C15H30. The van der Waals surface area contributed by atoms with Gasteiger partial charge in [-0.3, -0.25) is 0 Å². The van der Waals surface area contributed by atoms with E-state index in [0.717, 1.165) is 11.3 Å². The van der Waals surface area contributed by atoms with Crippen molar-refractivity contribution in [3.8, 4) is 0 Å². The third-order valence-electron chi connectivity index (χ3n) is 5.26. The van der Waals surface area contributed by atoms with E-state index in [4.69, 9.17) is 0 Å². The smallest absolute Gasteiger partial charge is 0.0297 e. The number of hydrogen-bond donors (Lipinski definition) is 0. The Bertz CT molecular complexity index is 190. The third-order valence-corrected chi connectivity index (χ3v) is 5.26. The van der Waals surface area contributed by atoms with Crippen LogP contribution in [-0.4, -0.2) is 0 Å². The molecule has 1 fully saturated rings. The topological polar surface area (TPSA) is 0 Å². The standard InChI is InChI=1S/C15H30/c1-6-9-14(5,7-2)13(4)12-15(8-3)10-11-15/h13H,6-12H2,1-5H3. The van der Waals surface area contributed by atoms with Crippen LogP contribution in [-0.2, 0) is 0 Å². The molecule has 0 N–H and O–H groups in total. The van der Waals surface area contributed by atoms with E-state index in [1.807, 2.05) is 0 Å². The first-order chi connectivity index (χ1) is 7.02. The van der Waals surface area contributed by atoms with Crippen molar-refractivity contribution in [1.82, 2.24) is 0 Å². The monoisotopic (exact) mass is 210 g/mol. The van der Waals surface area contributed by atoms with Gasteiger partial charge in [0.15, 0.2) is 0 Å². The van der Waals surface area contributed by atoms with Crippen LogP contribution in [0.1, 0.15) is 79.6 Å². The lowest BCUT2D eigenvalue weighted by Gasteiger charge is -2.37. The fraction of sp³-hybridized carbons (Fsp3) is 1.00. The van der Waals surface area contributed by atoms with Crippen LogP contribution in [0.25, 0.3) is 0 Å². The maximum atomic E-state index is 2.51. The summed E-state index contributed by atoms with van der Waals surface area (Å²) in [5, 5.41) is 0. The summed E-state index contributed by atoms with van der Waals surface area (Å²) in [5.41, 5.74) is 1.36. The minimum atomic E-state index is 0.597. The molecule has 2 atom stereocenters. The van der Waals surface area contributed by atoms with E-state index >= 15 is 0 Å². The normalized spacial score (nSPS) is 24.6. The molecular weight excluding hydrogens is 180 g/mol. The van der Waals surface area contributed by atoms with E-state index in [0.29, 0.717) is 5.41 Å². The molecule has 15 heavy (non-hydrogen) atoms. The van der Waals surface area contributed by atoms with Crippen molar-refractivity contribution >= 4 is 0 Å². The first-order valence-electron chi connectivity index (χ1n) is 7.02. The molecule has 0 heterocycles. The van der Waals surface area contributed by atoms with Crippen molar-refractivity contribution in [2.45, 2.75) is 79.6 Å². The second-order valence-corrected chi connectivity index (χ2v) is 6.22. The van der Waals surface area contributed by atoms with Gasteiger partial charge in [0.2, 0.25) is 0 Å². The van der Waals surface area contributed by atoms with Crippen LogP contribution >= 0.6 is 0 Å². The fourth-order valence-corrected chi connectivity index (χ4v) is 3.12. The van der Waals surface area contributed by atoms with Gasteiger partial charge in [-0.1, -0.05) is 53.9 Å². The number of hydrogen-bond acceptors (Lipinski definition) is 0. The molecule has 0 aliphatic heterocycles. The predicted molar refractivity (Wildman–Crippen MR) is 69.0 cm³/mol. The van der Waals surface area contributed by atoms with Crippen LogP contribution in [0.4, 0.5) is 0 Å².